The fourth-order valence-corrected chi connectivity index (χ4v) is 3.81. The van der Waals surface area contributed by atoms with Crippen molar-refractivity contribution in [2.24, 2.45) is 7.05 Å². The quantitative estimate of drug-likeness (QED) is 0.862. The Morgan fingerprint density at radius 1 is 1.33 bits per heavy atom. The number of piperidine rings is 1. The van der Waals surface area contributed by atoms with Gasteiger partial charge in [-0.15, -0.1) is 0 Å². The van der Waals surface area contributed by atoms with E-state index in [1.807, 2.05) is 20.2 Å². The molecule has 0 unspecified atom stereocenters. The number of aryl methyl sites for hydroxylation is 2. The summed E-state index contributed by atoms with van der Waals surface area (Å²) < 4.78 is 26.9. The second-order valence-corrected chi connectivity index (χ2v) is 8.23. The molecular weight excluding hydrogens is 328 g/mol. The zero-order valence-electron chi connectivity index (χ0n) is 14.4. The second kappa shape index (κ2) is 6.64. The molecule has 1 atom stereocenters. The predicted octanol–water partition coefficient (Wildman–Crippen LogP) is 0.970. The molecule has 0 bridgehead atoms. The molecule has 9 heteroatoms. The van der Waals surface area contributed by atoms with E-state index in [1.165, 1.54) is 6.26 Å². The third-order valence-corrected chi connectivity index (χ3v) is 5.15. The molecule has 2 aromatic rings. The van der Waals surface area contributed by atoms with Crippen LogP contribution in [0, 0.1) is 6.92 Å². The highest BCUT2D eigenvalue weighted by molar-refractivity contribution is 7.88. The molecule has 8 nitrogen and oxygen atoms in total. The number of hydrogen-bond donors (Lipinski definition) is 1. The van der Waals surface area contributed by atoms with E-state index >= 15 is 0 Å². The van der Waals surface area contributed by atoms with Gasteiger partial charge in [0.25, 0.3) is 0 Å². The highest BCUT2D eigenvalue weighted by Crippen LogP contribution is 2.30. The van der Waals surface area contributed by atoms with Crippen LogP contribution in [0.5, 0.6) is 0 Å². The van der Waals surface area contributed by atoms with Gasteiger partial charge in [0.15, 0.2) is 5.65 Å². The first-order valence-electron chi connectivity index (χ1n) is 8.23. The molecule has 1 N–H and O–H groups in total. The maximum absolute atomic E-state index is 11.3. The van der Waals surface area contributed by atoms with Crippen molar-refractivity contribution in [1.29, 1.82) is 0 Å². The van der Waals surface area contributed by atoms with Crippen molar-refractivity contribution in [3.63, 3.8) is 0 Å². The lowest BCUT2D eigenvalue weighted by molar-refractivity contribution is 0.434. The first-order chi connectivity index (χ1) is 11.3. The summed E-state index contributed by atoms with van der Waals surface area (Å²) in [7, 11) is -1.28. The van der Waals surface area contributed by atoms with E-state index in [1.54, 1.807) is 4.68 Å². The van der Waals surface area contributed by atoms with Gasteiger partial charge in [-0.1, -0.05) is 0 Å². The summed E-state index contributed by atoms with van der Waals surface area (Å²) in [5.74, 6) is 1.63. The van der Waals surface area contributed by atoms with Crippen molar-refractivity contribution >= 4 is 26.9 Å². The summed E-state index contributed by atoms with van der Waals surface area (Å²) in [4.78, 5) is 11.4. The van der Waals surface area contributed by atoms with Crippen LogP contribution in [0.1, 0.15) is 31.5 Å². The van der Waals surface area contributed by atoms with Crippen molar-refractivity contribution in [1.82, 2.24) is 24.5 Å². The number of hydrogen-bond acceptors (Lipinski definition) is 6. The molecule has 0 aliphatic carbocycles. The van der Waals surface area contributed by atoms with E-state index in [-0.39, 0.29) is 6.04 Å². The fraction of sp³-hybridized carbons (Fsp3) is 0.667. The average molecular weight is 352 g/mol. The van der Waals surface area contributed by atoms with Gasteiger partial charge in [0, 0.05) is 26.2 Å². The van der Waals surface area contributed by atoms with Crippen LogP contribution < -0.4 is 9.62 Å². The first-order valence-corrected chi connectivity index (χ1v) is 10.1. The predicted molar refractivity (Wildman–Crippen MR) is 93.5 cm³/mol. The maximum Gasteiger partial charge on any atom is 0.208 e. The normalized spacial score (nSPS) is 19.1. The van der Waals surface area contributed by atoms with Gasteiger partial charge in [-0.3, -0.25) is 4.68 Å². The van der Waals surface area contributed by atoms with Crippen LogP contribution in [-0.4, -0.2) is 53.6 Å². The topological polar surface area (TPSA) is 93.0 Å². The number of anilines is 1. The molecule has 2 aromatic heterocycles. The smallest absolute Gasteiger partial charge is 0.208 e. The van der Waals surface area contributed by atoms with Gasteiger partial charge < -0.3 is 4.90 Å². The molecule has 1 aliphatic heterocycles. The van der Waals surface area contributed by atoms with E-state index in [0.29, 0.717) is 6.54 Å². The van der Waals surface area contributed by atoms with Crippen LogP contribution in [0.2, 0.25) is 0 Å². The monoisotopic (exact) mass is 352 g/mol. The number of sulfonamides is 1. The molecule has 1 aliphatic rings. The molecule has 132 valence electrons. The standard InChI is InChI=1S/C15H24N6O2S/c1-11-18-14-13(10-16-20(14)2)15(19-11)21-9-5-4-6-12(21)7-8-17-24(3,22)23/h10,12,17H,4-9H2,1-3H3/t12-/m0/s1. The molecule has 0 spiro atoms. The number of nitrogens with zero attached hydrogens (tertiary/aromatic N) is 5. The summed E-state index contributed by atoms with van der Waals surface area (Å²) in [5, 5.41) is 5.26. The van der Waals surface area contributed by atoms with E-state index in [4.69, 9.17) is 0 Å². The van der Waals surface area contributed by atoms with Crippen molar-refractivity contribution in [2.45, 2.75) is 38.6 Å². The number of rotatable bonds is 5. The third kappa shape index (κ3) is 3.67. The summed E-state index contributed by atoms with van der Waals surface area (Å²) in [5.41, 5.74) is 0.830. The Labute approximate surface area is 142 Å². The summed E-state index contributed by atoms with van der Waals surface area (Å²) in [6, 6.07) is 0.269. The Bertz CT molecular complexity index is 832. The molecular formula is C15H24N6O2S. The van der Waals surface area contributed by atoms with Gasteiger partial charge >= 0.3 is 0 Å². The average Bonchev–Trinajstić information content (AvgIpc) is 2.87. The lowest BCUT2D eigenvalue weighted by Gasteiger charge is -2.37. The van der Waals surface area contributed by atoms with Gasteiger partial charge in [-0.05, 0) is 32.6 Å². The molecule has 0 amide bonds. The highest BCUT2D eigenvalue weighted by atomic mass is 32.2. The molecule has 1 fully saturated rings. The van der Waals surface area contributed by atoms with Crippen LogP contribution >= 0.6 is 0 Å². The van der Waals surface area contributed by atoms with Crippen LogP contribution in [0.3, 0.4) is 0 Å². The van der Waals surface area contributed by atoms with E-state index in [9.17, 15) is 8.42 Å². The Kier molecular flexibility index (Phi) is 4.73. The zero-order chi connectivity index (χ0) is 17.3. The van der Waals surface area contributed by atoms with E-state index in [0.717, 1.165) is 54.9 Å². The van der Waals surface area contributed by atoms with Crippen LogP contribution in [0.25, 0.3) is 11.0 Å². The van der Waals surface area contributed by atoms with Crippen LogP contribution in [0.4, 0.5) is 5.82 Å². The van der Waals surface area contributed by atoms with Crippen molar-refractivity contribution in [3.05, 3.63) is 12.0 Å². The molecule has 0 saturated carbocycles. The largest absolute Gasteiger partial charge is 0.353 e. The van der Waals surface area contributed by atoms with E-state index in [2.05, 4.69) is 24.7 Å². The maximum atomic E-state index is 11.3. The van der Waals surface area contributed by atoms with Crippen molar-refractivity contribution in [3.8, 4) is 0 Å². The molecule has 3 rings (SSSR count). The molecule has 24 heavy (non-hydrogen) atoms. The molecule has 0 radical (unpaired) electrons. The Morgan fingerprint density at radius 2 is 2.12 bits per heavy atom. The second-order valence-electron chi connectivity index (χ2n) is 6.40. The Hall–Kier alpha value is -1.74. The van der Waals surface area contributed by atoms with E-state index < -0.39 is 10.0 Å². The molecule has 0 aromatic carbocycles. The lowest BCUT2D eigenvalue weighted by Crippen LogP contribution is -2.42. The number of aromatic nitrogens is 4. The third-order valence-electron chi connectivity index (χ3n) is 4.42. The number of nitrogens with one attached hydrogen (secondary N) is 1. The Balaban J connectivity index is 1.88. The summed E-state index contributed by atoms with van der Waals surface area (Å²) in [6.45, 7) is 3.25. The summed E-state index contributed by atoms with van der Waals surface area (Å²) in [6.07, 6.45) is 7.07. The van der Waals surface area contributed by atoms with Crippen molar-refractivity contribution in [2.75, 3.05) is 24.2 Å². The Morgan fingerprint density at radius 3 is 2.88 bits per heavy atom. The van der Waals surface area contributed by atoms with Crippen LogP contribution in [-0.2, 0) is 17.1 Å². The van der Waals surface area contributed by atoms with Gasteiger partial charge in [0.2, 0.25) is 10.0 Å². The lowest BCUT2D eigenvalue weighted by atomic mass is 9.99. The minimum atomic E-state index is -3.15. The van der Waals surface area contributed by atoms with Gasteiger partial charge in [0.1, 0.15) is 11.6 Å². The highest BCUT2D eigenvalue weighted by Gasteiger charge is 2.26. The number of fused-ring (bicyclic) bond motifs is 1. The zero-order valence-corrected chi connectivity index (χ0v) is 15.2. The van der Waals surface area contributed by atoms with Gasteiger partial charge in [-0.2, -0.15) is 5.10 Å². The summed E-state index contributed by atoms with van der Waals surface area (Å²) >= 11 is 0. The minimum absolute atomic E-state index is 0.269. The van der Waals surface area contributed by atoms with Gasteiger partial charge in [0.05, 0.1) is 17.8 Å². The van der Waals surface area contributed by atoms with Crippen molar-refractivity contribution < 1.29 is 8.42 Å². The fourth-order valence-electron chi connectivity index (χ4n) is 3.32. The minimum Gasteiger partial charge on any atom is -0.353 e. The molecule has 3 heterocycles. The SMILES string of the molecule is Cc1nc(N2CCCC[C@H]2CCNS(C)(=O)=O)c2cnn(C)c2n1. The van der Waals surface area contributed by atoms with Gasteiger partial charge in [-0.25, -0.2) is 23.1 Å². The van der Waals surface area contributed by atoms with Crippen LogP contribution in [0.15, 0.2) is 6.20 Å². The first kappa shape index (κ1) is 17.1. The molecule has 1 saturated heterocycles.